The molecule has 4 rings (SSSR count). The molecule has 4 aromatic rings. The first-order valence-electron chi connectivity index (χ1n) is 9.74. The highest BCUT2D eigenvalue weighted by Crippen LogP contribution is 2.26. The Morgan fingerprint density at radius 3 is 2.84 bits per heavy atom. The minimum atomic E-state index is -0.345. The van der Waals surface area contributed by atoms with E-state index in [9.17, 15) is 4.79 Å². The van der Waals surface area contributed by atoms with Gasteiger partial charge in [0, 0.05) is 5.56 Å². The van der Waals surface area contributed by atoms with Crippen LogP contribution in [0.1, 0.15) is 18.9 Å². The molecule has 10 nitrogen and oxygen atoms in total. The molecule has 0 aliphatic heterocycles. The Morgan fingerprint density at radius 1 is 1.23 bits per heavy atom. The highest BCUT2D eigenvalue weighted by atomic mass is 16.6. The first-order valence-corrected chi connectivity index (χ1v) is 9.74. The van der Waals surface area contributed by atoms with Crippen LogP contribution in [0.2, 0.25) is 0 Å². The number of anilines is 1. The maximum Gasteiger partial charge on any atom is 0.260 e. The topological polar surface area (TPSA) is 133 Å². The third-order valence-corrected chi connectivity index (χ3v) is 4.46. The fraction of sp³-hybridized carbons (Fsp3) is 0.190. The molecule has 0 fully saturated rings. The van der Waals surface area contributed by atoms with Gasteiger partial charge in [0.15, 0.2) is 17.3 Å². The molecule has 0 unspecified atom stereocenters. The van der Waals surface area contributed by atoms with Crippen molar-refractivity contribution in [3.8, 4) is 17.3 Å². The molecule has 0 spiro atoms. The Morgan fingerprint density at radius 2 is 2.03 bits per heavy atom. The van der Waals surface area contributed by atoms with Crippen molar-refractivity contribution >= 4 is 29.0 Å². The van der Waals surface area contributed by atoms with Gasteiger partial charge in [0.25, 0.3) is 5.91 Å². The predicted octanol–water partition coefficient (Wildman–Crippen LogP) is 2.61. The van der Waals surface area contributed by atoms with Crippen molar-refractivity contribution in [1.82, 2.24) is 25.3 Å². The second-order valence-electron chi connectivity index (χ2n) is 6.69. The number of carbonyl (C=O) groups is 1. The molecule has 0 saturated carbocycles. The zero-order chi connectivity index (χ0) is 21.6. The molecule has 2 aromatic heterocycles. The van der Waals surface area contributed by atoms with Gasteiger partial charge in [0.05, 0.1) is 23.9 Å². The number of nitrogens with zero attached hydrogens (tertiary/aromatic N) is 5. The lowest BCUT2D eigenvalue weighted by Crippen LogP contribution is -2.23. The van der Waals surface area contributed by atoms with Gasteiger partial charge in [-0.15, -0.1) is 0 Å². The lowest BCUT2D eigenvalue weighted by Gasteiger charge is -2.08. The summed E-state index contributed by atoms with van der Waals surface area (Å²) in [4.78, 5) is 17.1. The SMILES string of the molecule is CCCOc1ccccc1/C=N/NC(=O)Cn1c(-c2nonc2N)nc2ccccc21. The monoisotopic (exact) mass is 419 g/mol. The maximum absolute atomic E-state index is 12.6. The van der Waals surface area contributed by atoms with Gasteiger partial charge in [-0.25, -0.2) is 15.0 Å². The summed E-state index contributed by atoms with van der Waals surface area (Å²) in [7, 11) is 0. The Labute approximate surface area is 177 Å². The number of benzene rings is 2. The van der Waals surface area contributed by atoms with E-state index >= 15 is 0 Å². The minimum Gasteiger partial charge on any atom is -0.493 e. The second kappa shape index (κ2) is 9.08. The number of fused-ring (bicyclic) bond motifs is 1. The standard InChI is InChI=1S/C21H21N7O3/c1-2-11-30-17-10-6-3-7-14(17)12-23-25-18(29)13-28-16-9-5-4-8-15(16)24-21(28)19-20(22)27-31-26-19/h3-10,12H,2,11,13H2,1H3,(H2,22,27)(H,25,29)/b23-12+. The third-order valence-electron chi connectivity index (χ3n) is 4.46. The van der Waals surface area contributed by atoms with Gasteiger partial charge in [0.2, 0.25) is 0 Å². The summed E-state index contributed by atoms with van der Waals surface area (Å²) in [5.41, 5.74) is 10.9. The number of hydrogen-bond acceptors (Lipinski definition) is 8. The van der Waals surface area contributed by atoms with E-state index in [1.54, 1.807) is 10.8 Å². The molecule has 158 valence electrons. The van der Waals surface area contributed by atoms with Crippen LogP contribution in [0.15, 0.2) is 58.3 Å². The number of imidazole rings is 1. The number of nitrogen functional groups attached to an aromatic ring is 1. The summed E-state index contributed by atoms with van der Waals surface area (Å²) in [6.45, 7) is 2.59. The third kappa shape index (κ3) is 4.37. The molecule has 0 bridgehead atoms. The van der Waals surface area contributed by atoms with Gasteiger partial charge in [0.1, 0.15) is 12.3 Å². The largest absolute Gasteiger partial charge is 0.493 e. The van der Waals surface area contributed by atoms with Crippen LogP contribution in [0, 0.1) is 0 Å². The molecule has 0 atom stereocenters. The average molecular weight is 419 g/mol. The van der Waals surface area contributed by atoms with Crippen LogP contribution in [-0.2, 0) is 11.3 Å². The number of ether oxygens (including phenoxy) is 1. The number of amides is 1. The first-order chi connectivity index (χ1) is 15.2. The van der Waals surface area contributed by atoms with Crippen LogP contribution in [0.3, 0.4) is 0 Å². The highest BCUT2D eigenvalue weighted by molar-refractivity contribution is 5.87. The fourth-order valence-corrected chi connectivity index (χ4v) is 3.05. The van der Waals surface area contributed by atoms with Gasteiger partial charge in [-0.2, -0.15) is 5.10 Å². The van der Waals surface area contributed by atoms with Crippen molar-refractivity contribution < 1.29 is 14.2 Å². The Kier molecular flexibility index (Phi) is 5.88. The lowest BCUT2D eigenvalue weighted by molar-refractivity contribution is -0.121. The molecule has 2 aromatic carbocycles. The molecule has 31 heavy (non-hydrogen) atoms. The molecule has 3 N–H and O–H groups in total. The number of hydrazone groups is 1. The van der Waals surface area contributed by atoms with E-state index in [0.29, 0.717) is 23.7 Å². The summed E-state index contributed by atoms with van der Waals surface area (Å²) in [6, 6.07) is 14.9. The number of rotatable bonds is 8. The van der Waals surface area contributed by atoms with Gasteiger partial charge in [-0.1, -0.05) is 31.2 Å². The number of hydrogen-bond donors (Lipinski definition) is 2. The van der Waals surface area contributed by atoms with Crippen molar-refractivity contribution in [1.29, 1.82) is 0 Å². The summed E-state index contributed by atoms with van der Waals surface area (Å²) >= 11 is 0. The van der Waals surface area contributed by atoms with Crippen LogP contribution in [0.5, 0.6) is 5.75 Å². The van der Waals surface area contributed by atoms with Crippen LogP contribution in [-0.4, -0.2) is 38.6 Å². The predicted molar refractivity (Wildman–Crippen MR) is 115 cm³/mol. The molecule has 1 amide bonds. The smallest absolute Gasteiger partial charge is 0.260 e. The molecule has 2 heterocycles. The minimum absolute atomic E-state index is 0.0481. The number of carbonyl (C=O) groups excluding carboxylic acids is 1. The number of aromatic nitrogens is 4. The van der Waals surface area contributed by atoms with E-state index in [2.05, 4.69) is 25.8 Å². The molecule has 0 aliphatic carbocycles. The molecule has 10 heteroatoms. The van der Waals surface area contributed by atoms with E-state index in [1.165, 1.54) is 0 Å². The Bertz CT molecular complexity index is 1230. The summed E-state index contributed by atoms with van der Waals surface area (Å²) in [6.07, 6.45) is 2.45. The number of nitrogens with two attached hydrogens (primary N) is 1. The molecular weight excluding hydrogens is 398 g/mol. The van der Waals surface area contributed by atoms with Crippen LogP contribution >= 0.6 is 0 Å². The van der Waals surface area contributed by atoms with Gasteiger partial charge in [-0.3, -0.25) is 4.79 Å². The quantitative estimate of drug-likeness (QED) is 0.331. The molecule has 0 radical (unpaired) electrons. The van der Waals surface area contributed by atoms with Crippen LogP contribution in [0.25, 0.3) is 22.6 Å². The van der Waals surface area contributed by atoms with Crippen molar-refractivity contribution in [3.05, 3.63) is 54.1 Å². The normalized spacial score (nSPS) is 11.3. The maximum atomic E-state index is 12.6. The van der Waals surface area contributed by atoms with Crippen LogP contribution in [0.4, 0.5) is 5.82 Å². The second-order valence-corrected chi connectivity index (χ2v) is 6.69. The van der Waals surface area contributed by atoms with Gasteiger partial charge in [-0.05, 0) is 41.0 Å². The fourth-order valence-electron chi connectivity index (χ4n) is 3.05. The lowest BCUT2D eigenvalue weighted by atomic mass is 10.2. The van der Waals surface area contributed by atoms with E-state index in [4.69, 9.17) is 15.1 Å². The van der Waals surface area contributed by atoms with E-state index in [1.807, 2.05) is 55.5 Å². The Balaban J connectivity index is 1.53. The Hall–Kier alpha value is -4.21. The highest BCUT2D eigenvalue weighted by Gasteiger charge is 2.20. The van der Waals surface area contributed by atoms with Gasteiger partial charge < -0.3 is 15.0 Å². The van der Waals surface area contributed by atoms with E-state index in [0.717, 1.165) is 17.5 Å². The average Bonchev–Trinajstić information content (AvgIpc) is 3.36. The van der Waals surface area contributed by atoms with Crippen molar-refractivity contribution in [2.45, 2.75) is 19.9 Å². The summed E-state index contributed by atoms with van der Waals surface area (Å²) < 4.78 is 12.1. The first kappa shape index (κ1) is 20.1. The zero-order valence-corrected chi connectivity index (χ0v) is 16.9. The molecular formula is C21H21N7O3. The number of nitrogens with one attached hydrogen (secondary N) is 1. The van der Waals surface area contributed by atoms with Crippen LogP contribution < -0.4 is 15.9 Å². The van der Waals surface area contributed by atoms with E-state index < -0.39 is 0 Å². The van der Waals surface area contributed by atoms with Crippen molar-refractivity contribution in [3.63, 3.8) is 0 Å². The van der Waals surface area contributed by atoms with Crippen molar-refractivity contribution in [2.24, 2.45) is 5.10 Å². The van der Waals surface area contributed by atoms with E-state index in [-0.39, 0.29) is 24.0 Å². The summed E-state index contributed by atoms with van der Waals surface area (Å²) in [5, 5.41) is 11.5. The van der Waals surface area contributed by atoms with Crippen molar-refractivity contribution in [2.75, 3.05) is 12.3 Å². The zero-order valence-electron chi connectivity index (χ0n) is 16.9. The van der Waals surface area contributed by atoms with Gasteiger partial charge >= 0.3 is 0 Å². The summed E-state index contributed by atoms with van der Waals surface area (Å²) in [5.74, 6) is 0.845. The molecule has 0 saturated heterocycles. The molecule has 0 aliphatic rings. The number of para-hydroxylation sites is 3.